The predicted octanol–water partition coefficient (Wildman–Crippen LogP) is 2.87. The van der Waals surface area contributed by atoms with E-state index in [-0.39, 0.29) is 18.0 Å². The standard InChI is InChI=1S/C13H16F2N2/c1-11(8-16)9-17(2)10-13(14,15)12-6-4-3-5-7-12/h3-7,11H,9-10H2,1-2H3. The number of likely N-dealkylation sites (N-methyl/N-ethyl adjacent to an activating group) is 1. The molecule has 0 saturated carbocycles. The van der Waals surface area contributed by atoms with E-state index in [1.165, 1.54) is 17.0 Å². The van der Waals surface area contributed by atoms with Crippen LogP contribution in [0.4, 0.5) is 8.78 Å². The molecule has 0 radical (unpaired) electrons. The molecule has 0 heterocycles. The molecular weight excluding hydrogens is 222 g/mol. The molecule has 1 rings (SSSR count). The second-order valence-electron chi connectivity index (χ2n) is 4.30. The zero-order valence-electron chi connectivity index (χ0n) is 10.0. The van der Waals surface area contributed by atoms with Gasteiger partial charge in [-0.15, -0.1) is 0 Å². The Labute approximate surface area is 100 Å². The van der Waals surface area contributed by atoms with E-state index in [1.807, 2.05) is 6.07 Å². The number of benzene rings is 1. The largest absolute Gasteiger partial charge is 0.299 e. The van der Waals surface area contributed by atoms with Crippen molar-refractivity contribution in [3.05, 3.63) is 35.9 Å². The van der Waals surface area contributed by atoms with E-state index in [1.54, 1.807) is 32.2 Å². The summed E-state index contributed by atoms with van der Waals surface area (Å²) in [6, 6.07) is 9.78. The maximum atomic E-state index is 13.8. The van der Waals surface area contributed by atoms with Crippen molar-refractivity contribution in [3.63, 3.8) is 0 Å². The smallest absolute Gasteiger partial charge is 0.285 e. The molecule has 1 atom stereocenters. The molecule has 0 amide bonds. The first-order chi connectivity index (χ1) is 7.95. The Kier molecular flexibility index (Phi) is 4.59. The van der Waals surface area contributed by atoms with Gasteiger partial charge in [-0.25, -0.2) is 0 Å². The van der Waals surface area contributed by atoms with Crippen molar-refractivity contribution < 1.29 is 8.78 Å². The number of rotatable bonds is 5. The molecule has 2 nitrogen and oxygen atoms in total. The molecule has 17 heavy (non-hydrogen) atoms. The molecule has 0 aromatic heterocycles. The third-order valence-electron chi connectivity index (χ3n) is 2.47. The fourth-order valence-corrected chi connectivity index (χ4v) is 1.69. The molecule has 92 valence electrons. The Balaban J connectivity index is 2.64. The van der Waals surface area contributed by atoms with E-state index in [0.717, 1.165) is 0 Å². The van der Waals surface area contributed by atoms with Gasteiger partial charge in [-0.3, -0.25) is 4.90 Å². The van der Waals surface area contributed by atoms with E-state index in [9.17, 15) is 8.78 Å². The summed E-state index contributed by atoms with van der Waals surface area (Å²) < 4.78 is 27.7. The Bertz CT molecular complexity index is 384. The summed E-state index contributed by atoms with van der Waals surface area (Å²) >= 11 is 0. The molecule has 1 aromatic rings. The fraction of sp³-hybridized carbons (Fsp3) is 0.462. The number of alkyl halides is 2. The van der Waals surface area contributed by atoms with Crippen molar-refractivity contribution >= 4 is 0 Å². The maximum absolute atomic E-state index is 13.8. The highest BCUT2D eigenvalue weighted by Crippen LogP contribution is 2.28. The van der Waals surface area contributed by atoms with E-state index < -0.39 is 5.92 Å². The number of hydrogen-bond acceptors (Lipinski definition) is 2. The van der Waals surface area contributed by atoms with Crippen LogP contribution in [0.1, 0.15) is 12.5 Å². The topological polar surface area (TPSA) is 27.0 Å². The van der Waals surface area contributed by atoms with Crippen LogP contribution in [0, 0.1) is 17.2 Å². The quantitative estimate of drug-likeness (QED) is 0.788. The van der Waals surface area contributed by atoms with Crippen molar-refractivity contribution in [3.8, 4) is 6.07 Å². The maximum Gasteiger partial charge on any atom is 0.285 e. The summed E-state index contributed by atoms with van der Waals surface area (Å²) in [5.41, 5.74) is 0.0106. The highest BCUT2D eigenvalue weighted by Gasteiger charge is 2.32. The Morgan fingerprint density at radius 1 is 1.35 bits per heavy atom. The fourth-order valence-electron chi connectivity index (χ4n) is 1.69. The number of nitrogens with zero attached hydrogens (tertiary/aromatic N) is 2. The summed E-state index contributed by atoms with van der Waals surface area (Å²) in [5.74, 6) is -3.13. The lowest BCUT2D eigenvalue weighted by atomic mass is 10.1. The molecule has 4 heteroatoms. The highest BCUT2D eigenvalue weighted by molar-refractivity contribution is 5.20. The van der Waals surface area contributed by atoms with Gasteiger partial charge in [0.15, 0.2) is 0 Å². The first-order valence-electron chi connectivity index (χ1n) is 5.47. The van der Waals surface area contributed by atoms with Gasteiger partial charge in [0.2, 0.25) is 0 Å². The SMILES string of the molecule is CC(C#N)CN(C)CC(F)(F)c1ccccc1. The average Bonchev–Trinajstić information content (AvgIpc) is 2.29. The van der Waals surface area contributed by atoms with Gasteiger partial charge in [-0.1, -0.05) is 30.3 Å². The van der Waals surface area contributed by atoms with Gasteiger partial charge in [0.25, 0.3) is 5.92 Å². The number of hydrogen-bond donors (Lipinski definition) is 0. The minimum atomic E-state index is -2.88. The molecular formula is C13H16F2N2. The molecule has 0 aliphatic heterocycles. The van der Waals surface area contributed by atoms with E-state index in [2.05, 4.69) is 0 Å². The summed E-state index contributed by atoms with van der Waals surface area (Å²) in [6.07, 6.45) is 0. The molecule has 0 bridgehead atoms. The second kappa shape index (κ2) is 5.74. The van der Waals surface area contributed by atoms with Crippen molar-refractivity contribution in [1.29, 1.82) is 5.26 Å². The van der Waals surface area contributed by atoms with Crippen molar-refractivity contribution in [2.24, 2.45) is 5.92 Å². The molecule has 0 N–H and O–H groups in total. The summed E-state index contributed by atoms with van der Waals surface area (Å²) in [7, 11) is 1.60. The zero-order chi connectivity index (χ0) is 12.9. The van der Waals surface area contributed by atoms with Gasteiger partial charge in [-0.05, 0) is 14.0 Å². The number of halogens is 2. The van der Waals surface area contributed by atoms with Crippen LogP contribution in [0.15, 0.2) is 30.3 Å². The molecule has 1 unspecified atom stereocenters. The van der Waals surface area contributed by atoms with E-state index in [4.69, 9.17) is 5.26 Å². The number of nitriles is 1. The van der Waals surface area contributed by atoms with Crippen molar-refractivity contribution in [2.45, 2.75) is 12.8 Å². The Morgan fingerprint density at radius 3 is 2.47 bits per heavy atom. The van der Waals surface area contributed by atoms with Gasteiger partial charge >= 0.3 is 0 Å². The van der Waals surface area contributed by atoms with Crippen LogP contribution in [-0.4, -0.2) is 25.0 Å². The van der Waals surface area contributed by atoms with Crippen molar-refractivity contribution in [1.82, 2.24) is 4.90 Å². The Morgan fingerprint density at radius 2 is 1.94 bits per heavy atom. The highest BCUT2D eigenvalue weighted by atomic mass is 19.3. The molecule has 0 fully saturated rings. The van der Waals surface area contributed by atoms with E-state index in [0.29, 0.717) is 6.54 Å². The third kappa shape index (κ3) is 4.12. The Hall–Kier alpha value is -1.47. The molecule has 0 spiro atoms. The summed E-state index contributed by atoms with van der Waals surface area (Å²) in [4.78, 5) is 1.49. The first kappa shape index (κ1) is 13.6. The summed E-state index contributed by atoms with van der Waals surface area (Å²) in [5, 5.41) is 8.63. The van der Waals surface area contributed by atoms with Crippen LogP contribution in [0.25, 0.3) is 0 Å². The van der Waals surface area contributed by atoms with Gasteiger partial charge < -0.3 is 0 Å². The normalized spacial score (nSPS) is 13.4. The minimum absolute atomic E-state index is 0.0106. The average molecular weight is 238 g/mol. The van der Waals surface area contributed by atoms with Gasteiger partial charge in [0, 0.05) is 12.1 Å². The lowest BCUT2D eigenvalue weighted by Crippen LogP contribution is -2.34. The van der Waals surface area contributed by atoms with E-state index >= 15 is 0 Å². The van der Waals surface area contributed by atoms with Crippen LogP contribution in [0.5, 0.6) is 0 Å². The monoisotopic (exact) mass is 238 g/mol. The van der Waals surface area contributed by atoms with Crippen LogP contribution in [0.3, 0.4) is 0 Å². The molecule has 0 aliphatic rings. The second-order valence-corrected chi connectivity index (χ2v) is 4.30. The third-order valence-corrected chi connectivity index (χ3v) is 2.47. The van der Waals surface area contributed by atoms with Gasteiger partial charge in [-0.2, -0.15) is 14.0 Å². The zero-order valence-corrected chi connectivity index (χ0v) is 10.0. The van der Waals surface area contributed by atoms with Crippen molar-refractivity contribution in [2.75, 3.05) is 20.1 Å². The molecule has 0 saturated heterocycles. The van der Waals surface area contributed by atoms with Crippen LogP contribution >= 0.6 is 0 Å². The van der Waals surface area contributed by atoms with Crippen LogP contribution < -0.4 is 0 Å². The van der Waals surface area contributed by atoms with Gasteiger partial charge in [0.1, 0.15) is 0 Å². The lowest BCUT2D eigenvalue weighted by molar-refractivity contribution is -0.0333. The minimum Gasteiger partial charge on any atom is -0.299 e. The lowest BCUT2D eigenvalue weighted by Gasteiger charge is -2.24. The summed E-state index contributed by atoms with van der Waals surface area (Å²) in [6.45, 7) is 1.69. The molecule has 1 aromatic carbocycles. The van der Waals surface area contributed by atoms with Gasteiger partial charge in [0.05, 0.1) is 18.5 Å². The van der Waals surface area contributed by atoms with Crippen LogP contribution in [-0.2, 0) is 5.92 Å². The molecule has 0 aliphatic carbocycles. The first-order valence-corrected chi connectivity index (χ1v) is 5.47. The predicted molar refractivity (Wildman–Crippen MR) is 62.6 cm³/mol. The van der Waals surface area contributed by atoms with Crippen LogP contribution in [0.2, 0.25) is 0 Å².